The molecule has 0 aliphatic heterocycles. The first-order valence-corrected chi connectivity index (χ1v) is 21.8. The van der Waals surface area contributed by atoms with E-state index < -0.39 is 0 Å². The Morgan fingerprint density at radius 2 is 0.839 bits per heavy atom. The van der Waals surface area contributed by atoms with Crippen molar-refractivity contribution in [3.05, 3.63) is 206 Å². The van der Waals surface area contributed by atoms with Crippen LogP contribution in [0.3, 0.4) is 0 Å². The van der Waals surface area contributed by atoms with Gasteiger partial charge in [0, 0.05) is 58.4 Å². The summed E-state index contributed by atoms with van der Waals surface area (Å²) in [6.45, 7) is 0. The van der Waals surface area contributed by atoms with Crippen molar-refractivity contribution in [3.8, 4) is 51.0 Å². The van der Waals surface area contributed by atoms with E-state index in [4.69, 9.17) is 15.0 Å². The Morgan fingerprint density at radius 1 is 0.306 bits per heavy atom. The summed E-state index contributed by atoms with van der Waals surface area (Å²) in [7, 11) is 0. The highest BCUT2D eigenvalue weighted by atomic mass is 32.1. The van der Waals surface area contributed by atoms with E-state index in [9.17, 15) is 0 Å². The fraction of sp³-hybridized carbons (Fsp3) is 0. The minimum absolute atomic E-state index is 0.642. The maximum atomic E-state index is 5.23. The van der Waals surface area contributed by atoms with Crippen LogP contribution in [0.5, 0.6) is 0 Å². The molecule has 3 heterocycles. The minimum Gasteiger partial charge on any atom is -0.309 e. The Morgan fingerprint density at radius 3 is 1.61 bits per heavy atom. The molecule has 4 nitrogen and oxygen atoms in total. The number of nitrogens with zero attached hydrogens (tertiary/aromatic N) is 4. The first-order valence-electron chi connectivity index (χ1n) is 20.9. The van der Waals surface area contributed by atoms with E-state index >= 15 is 0 Å². The molecule has 62 heavy (non-hydrogen) atoms. The molecule has 0 atom stereocenters. The van der Waals surface area contributed by atoms with Crippen molar-refractivity contribution in [1.29, 1.82) is 0 Å². The molecule has 0 saturated heterocycles. The Labute approximate surface area is 360 Å². The van der Waals surface area contributed by atoms with Gasteiger partial charge in [-0.1, -0.05) is 164 Å². The zero-order valence-corrected chi connectivity index (χ0v) is 34.1. The summed E-state index contributed by atoms with van der Waals surface area (Å²) < 4.78 is 5.11. The number of hydrogen-bond acceptors (Lipinski definition) is 4. The number of aromatic nitrogens is 4. The molecule has 0 radical (unpaired) electrons. The van der Waals surface area contributed by atoms with Crippen molar-refractivity contribution >= 4 is 85.6 Å². The van der Waals surface area contributed by atoms with E-state index in [1.807, 2.05) is 47.7 Å². The second kappa shape index (κ2) is 13.8. The molecule has 0 aliphatic carbocycles. The van der Waals surface area contributed by atoms with E-state index in [0.717, 1.165) is 38.5 Å². The number of para-hydroxylation sites is 1. The van der Waals surface area contributed by atoms with Gasteiger partial charge in [-0.05, 0) is 75.1 Å². The standard InChI is InChI=1S/C57H34N4S/c1-3-15-35(16-4-1)55-58-56(36-17-5-2-6-18-36)60-57(59-55)45-25-13-23-42-39-19-7-8-22-43(39)54-44(53(42)45)24-14-27-50(54)61-48-26-11-9-20-40(48)46-33-37(29-31-49(46)61)38-30-32-52-47(34-38)41-21-10-12-28-51(41)62-52/h1-34H. The molecule has 0 spiro atoms. The Bertz CT molecular complexity index is 3870. The van der Waals surface area contributed by atoms with E-state index in [-0.39, 0.29) is 0 Å². The summed E-state index contributed by atoms with van der Waals surface area (Å²) in [5.41, 5.74) is 8.75. The predicted octanol–water partition coefficient (Wildman–Crippen LogP) is 15.5. The Hall–Kier alpha value is -7.99. The third-order valence-corrected chi connectivity index (χ3v) is 13.6. The maximum absolute atomic E-state index is 5.23. The maximum Gasteiger partial charge on any atom is 0.164 e. The van der Waals surface area contributed by atoms with Gasteiger partial charge in [-0.15, -0.1) is 11.3 Å². The van der Waals surface area contributed by atoms with Crippen molar-refractivity contribution in [2.75, 3.05) is 0 Å². The summed E-state index contributed by atoms with van der Waals surface area (Å²) in [5.74, 6) is 1.93. The minimum atomic E-state index is 0.642. The van der Waals surface area contributed by atoms with Gasteiger partial charge in [0.05, 0.1) is 16.7 Å². The Kier molecular flexibility index (Phi) is 7.74. The van der Waals surface area contributed by atoms with Crippen LogP contribution in [0.15, 0.2) is 206 Å². The molecular weight excluding hydrogens is 773 g/mol. The molecule has 10 aromatic carbocycles. The molecule has 0 bridgehead atoms. The van der Waals surface area contributed by atoms with Crippen molar-refractivity contribution < 1.29 is 0 Å². The van der Waals surface area contributed by atoms with Crippen molar-refractivity contribution in [2.45, 2.75) is 0 Å². The number of thiophene rings is 1. The molecule has 13 aromatic rings. The largest absolute Gasteiger partial charge is 0.309 e. The van der Waals surface area contributed by atoms with Gasteiger partial charge < -0.3 is 4.57 Å². The molecule has 5 heteroatoms. The highest BCUT2D eigenvalue weighted by Crippen LogP contribution is 2.45. The zero-order chi connectivity index (χ0) is 40.7. The molecule has 0 N–H and O–H groups in total. The smallest absolute Gasteiger partial charge is 0.164 e. The number of hydrogen-bond donors (Lipinski definition) is 0. The van der Waals surface area contributed by atoms with E-state index in [1.165, 1.54) is 69.3 Å². The second-order valence-electron chi connectivity index (χ2n) is 15.9. The van der Waals surface area contributed by atoms with Gasteiger partial charge in [-0.3, -0.25) is 0 Å². The van der Waals surface area contributed by atoms with Crippen molar-refractivity contribution in [2.24, 2.45) is 0 Å². The van der Waals surface area contributed by atoms with E-state index in [2.05, 4.69) is 174 Å². The fourth-order valence-electron chi connectivity index (χ4n) is 9.65. The predicted molar refractivity (Wildman–Crippen MR) is 261 cm³/mol. The number of benzene rings is 10. The van der Waals surface area contributed by atoms with Crippen LogP contribution in [0.1, 0.15) is 0 Å². The number of rotatable bonds is 5. The topological polar surface area (TPSA) is 43.6 Å². The van der Waals surface area contributed by atoms with Crippen molar-refractivity contribution in [1.82, 2.24) is 19.5 Å². The van der Waals surface area contributed by atoms with Crippen LogP contribution in [-0.4, -0.2) is 19.5 Å². The lowest BCUT2D eigenvalue weighted by Gasteiger charge is -2.18. The molecule has 0 fully saturated rings. The SMILES string of the molecule is c1ccc(-c2nc(-c3ccccc3)nc(-c3cccc4c5ccccc5c5c(-n6c7ccccc7c7cc(-c8ccc9sc%10ccccc%10c9c8)ccc76)cccc5c34)n2)cc1. The molecule has 0 unspecified atom stereocenters. The summed E-state index contributed by atoms with van der Waals surface area (Å²) in [4.78, 5) is 15.5. The molecule has 3 aromatic heterocycles. The lowest BCUT2D eigenvalue weighted by atomic mass is 9.90. The molecule has 13 rings (SSSR count). The summed E-state index contributed by atoms with van der Waals surface area (Å²) >= 11 is 1.86. The van der Waals surface area contributed by atoms with Crippen molar-refractivity contribution in [3.63, 3.8) is 0 Å². The third-order valence-electron chi connectivity index (χ3n) is 12.4. The first-order chi connectivity index (χ1) is 30.7. The zero-order valence-electron chi connectivity index (χ0n) is 33.3. The second-order valence-corrected chi connectivity index (χ2v) is 17.0. The molecule has 288 valence electrons. The molecule has 0 amide bonds. The van der Waals surface area contributed by atoms with Gasteiger partial charge >= 0.3 is 0 Å². The molecular formula is C57H34N4S. The average molecular weight is 807 g/mol. The summed E-state index contributed by atoms with van der Waals surface area (Å²) in [5, 5.41) is 12.1. The number of fused-ring (bicyclic) bond motifs is 12. The van der Waals surface area contributed by atoms with Gasteiger partial charge in [0.25, 0.3) is 0 Å². The average Bonchev–Trinajstić information content (AvgIpc) is 3.89. The van der Waals surface area contributed by atoms with E-state index in [1.54, 1.807) is 0 Å². The van der Waals surface area contributed by atoms with Crippen LogP contribution in [-0.2, 0) is 0 Å². The summed E-state index contributed by atoms with van der Waals surface area (Å²) in [6, 6.07) is 74.0. The van der Waals surface area contributed by atoms with Crippen LogP contribution in [0, 0.1) is 0 Å². The normalized spacial score (nSPS) is 11.9. The first kappa shape index (κ1) is 34.8. The van der Waals surface area contributed by atoms with Crippen LogP contribution >= 0.6 is 11.3 Å². The highest BCUT2D eigenvalue weighted by Gasteiger charge is 2.21. The van der Waals surface area contributed by atoms with Gasteiger partial charge in [0.2, 0.25) is 0 Å². The van der Waals surface area contributed by atoms with Crippen LogP contribution in [0.25, 0.3) is 125 Å². The monoisotopic (exact) mass is 806 g/mol. The fourth-order valence-corrected chi connectivity index (χ4v) is 10.7. The molecule has 0 aliphatic rings. The van der Waals surface area contributed by atoms with Crippen LogP contribution in [0.4, 0.5) is 0 Å². The van der Waals surface area contributed by atoms with Gasteiger partial charge in [-0.2, -0.15) is 0 Å². The van der Waals surface area contributed by atoms with Gasteiger partial charge in [0.15, 0.2) is 17.5 Å². The summed E-state index contributed by atoms with van der Waals surface area (Å²) in [6.07, 6.45) is 0. The quantitative estimate of drug-likeness (QED) is 0.163. The lowest BCUT2D eigenvalue weighted by molar-refractivity contribution is 1.08. The Balaban J connectivity index is 1.07. The third kappa shape index (κ3) is 5.35. The molecule has 0 saturated carbocycles. The van der Waals surface area contributed by atoms with Crippen LogP contribution in [0.2, 0.25) is 0 Å². The van der Waals surface area contributed by atoms with Gasteiger partial charge in [0.1, 0.15) is 0 Å². The van der Waals surface area contributed by atoms with E-state index in [0.29, 0.717) is 17.5 Å². The van der Waals surface area contributed by atoms with Crippen LogP contribution < -0.4 is 0 Å². The van der Waals surface area contributed by atoms with Gasteiger partial charge in [-0.25, -0.2) is 15.0 Å². The lowest BCUT2D eigenvalue weighted by Crippen LogP contribution is -2.01. The highest BCUT2D eigenvalue weighted by molar-refractivity contribution is 7.25.